The van der Waals surface area contributed by atoms with Crippen LogP contribution in [0.3, 0.4) is 0 Å². The minimum absolute atomic E-state index is 0.0493. The van der Waals surface area contributed by atoms with Crippen molar-refractivity contribution in [3.05, 3.63) is 35.6 Å². The maximum atomic E-state index is 13.2. The van der Waals surface area contributed by atoms with Crippen molar-refractivity contribution in [1.29, 1.82) is 0 Å². The lowest BCUT2D eigenvalue weighted by Gasteiger charge is -2.30. The van der Waals surface area contributed by atoms with Crippen molar-refractivity contribution in [3.8, 4) is 0 Å². The summed E-state index contributed by atoms with van der Waals surface area (Å²) in [6.45, 7) is 9.29. The van der Waals surface area contributed by atoms with Crippen molar-refractivity contribution in [1.82, 2.24) is 5.32 Å². The van der Waals surface area contributed by atoms with Crippen LogP contribution in [0.1, 0.15) is 40.2 Å². The van der Waals surface area contributed by atoms with Gasteiger partial charge in [0.25, 0.3) is 0 Å². The van der Waals surface area contributed by atoms with Gasteiger partial charge in [0.1, 0.15) is 5.82 Å². The number of nitrogens with one attached hydrogen (secondary N) is 1. The van der Waals surface area contributed by atoms with Crippen molar-refractivity contribution >= 4 is 5.91 Å². The van der Waals surface area contributed by atoms with Crippen molar-refractivity contribution in [3.63, 3.8) is 0 Å². The summed E-state index contributed by atoms with van der Waals surface area (Å²) in [5, 5.41) is 2.93. The summed E-state index contributed by atoms with van der Waals surface area (Å²) >= 11 is 0. The Morgan fingerprint density at radius 2 is 1.76 bits per heavy atom. The second kappa shape index (κ2) is 4.47. The monoisotopic (exact) mass is 237 g/mol. The normalized spacial score (nSPS) is 12.4. The van der Waals surface area contributed by atoms with Crippen molar-refractivity contribution in [2.45, 2.75) is 40.2 Å². The van der Waals surface area contributed by atoms with E-state index in [2.05, 4.69) is 5.32 Å². The molecule has 1 N–H and O–H groups in total. The first-order chi connectivity index (χ1) is 7.63. The number of benzene rings is 1. The quantitative estimate of drug-likeness (QED) is 0.840. The Morgan fingerprint density at radius 3 is 2.24 bits per heavy atom. The van der Waals surface area contributed by atoms with Gasteiger partial charge in [0, 0.05) is 5.41 Å². The zero-order chi connectivity index (χ0) is 13.3. The average Bonchev–Trinajstić information content (AvgIpc) is 2.15. The van der Waals surface area contributed by atoms with E-state index in [-0.39, 0.29) is 11.7 Å². The molecule has 0 spiro atoms. The third kappa shape index (κ3) is 3.55. The van der Waals surface area contributed by atoms with Gasteiger partial charge in [-0.2, -0.15) is 0 Å². The van der Waals surface area contributed by atoms with Gasteiger partial charge in [-0.25, -0.2) is 4.39 Å². The fourth-order valence-electron chi connectivity index (χ4n) is 1.42. The zero-order valence-electron chi connectivity index (χ0n) is 11.1. The number of halogens is 1. The minimum Gasteiger partial charge on any atom is -0.347 e. The largest absolute Gasteiger partial charge is 0.347 e. The molecular weight excluding hydrogens is 217 g/mol. The predicted molar refractivity (Wildman–Crippen MR) is 67.0 cm³/mol. The van der Waals surface area contributed by atoms with E-state index in [9.17, 15) is 9.18 Å². The van der Waals surface area contributed by atoms with Gasteiger partial charge >= 0.3 is 0 Å². The number of amides is 1. The van der Waals surface area contributed by atoms with E-state index in [4.69, 9.17) is 0 Å². The van der Waals surface area contributed by atoms with Crippen LogP contribution in [-0.4, -0.2) is 5.91 Å². The van der Waals surface area contributed by atoms with E-state index >= 15 is 0 Å². The molecule has 94 valence electrons. The Labute approximate surface area is 102 Å². The van der Waals surface area contributed by atoms with E-state index in [1.54, 1.807) is 6.07 Å². The van der Waals surface area contributed by atoms with Gasteiger partial charge < -0.3 is 5.32 Å². The number of carbonyl (C=O) groups is 1. The lowest BCUT2D eigenvalue weighted by atomic mass is 9.90. The second-order valence-corrected chi connectivity index (χ2v) is 5.84. The third-order valence-electron chi connectivity index (χ3n) is 2.65. The minimum atomic E-state index is -0.577. The average molecular weight is 237 g/mol. The van der Waals surface area contributed by atoms with Crippen LogP contribution in [0.4, 0.5) is 4.39 Å². The zero-order valence-corrected chi connectivity index (χ0v) is 11.1. The molecule has 3 heteroatoms. The third-order valence-corrected chi connectivity index (χ3v) is 2.65. The molecule has 0 radical (unpaired) electrons. The van der Waals surface area contributed by atoms with Gasteiger partial charge in [-0.05, 0) is 31.5 Å². The Bertz CT molecular complexity index is 418. The van der Waals surface area contributed by atoms with Crippen LogP contribution in [-0.2, 0) is 10.3 Å². The van der Waals surface area contributed by atoms with Crippen LogP contribution in [0.15, 0.2) is 24.3 Å². The summed E-state index contributed by atoms with van der Waals surface area (Å²) in [5.74, 6) is -0.340. The highest BCUT2D eigenvalue weighted by Gasteiger charge is 2.29. The highest BCUT2D eigenvalue weighted by Crippen LogP contribution is 2.23. The molecule has 1 aromatic carbocycles. The first kappa shape index (κ1) is 13.7. The van der Waals surface area contributed by atoms with E-state index < -0.39 is 11.0 Å². The van der Waals surface area contributed by atoms with Crippen molar-refractivity contribution in [2.24, 2.45) is 5.41 Å². The van der Waals surface area contributed by atoms with E-state index in [1.807, 2.05) is 40.7 Å². The van der Waals surface area contributed by atoms with Gasteiger partial charge in [-0.1, -0.05) is 32.9 Å². The molecule has 1 rings (SSSR count). The number of rotatable bonds is 2. The van der Waals surface area contributed by atoms with Gasteiger partial charge in [-0.3, -0.25) is 4.79 Å². The molecule has 0 atom stereocenters. The molecule has 0 saturated heterocycles. The lowest BCUT2D eigenvalue weighted by Crippen LogP contribution is -2.46. The maximum Gasteiger partial charge on any atom is 0.226 e. The molecule has 2 nitrogen and oxygen atoms in total. The summed E-state index contributed by atoms with van der Waals surface area (Å²) in [6, 6.07) is 6.30. The maximum absolute atomic E-state index is 13.2. The van der Waals surface area contributed by atoms with E-state index in [0.29, 0.717) is 0 Å². The molecule has 0 unspecified atom stereocenters. The van der Waals surface area contributed by atoms with Crippen LogP contribution in [0.25, 0.3) is 0 Å². The smallest absolute Gasteiger partial charge is 0.226 e. The van der Waals surface area contributed by atoms with Crippen LogP contribution < -0.4 is 5.32 Å². The van der Waals surface area contributed by atoms with Crippen molar-refractivity contribution in [2.75, 3.05) is 0 Å². The Balaban J connectivity index is 2.93. The number of carbonyl (C=O) groups excluding carboxylic acids is 1. The summed E-state index contributed by atoms with van der Waals surface area (Å²) in [7, 11) is 0. The first-order valence-corrected chi connectivity index (χ1v) is 5.71. The highest BCUT2D eigenvalue weighted by molar-refractivity contribution is 5.82. The second-order valence-electron chi connectivity index (χ2n) is 5.84. The standard InChI is InChI=1S/C14H20FNO/c1-13(2,3)12(17)16-14(4,5)10-7-6-8-11(15)9-10/h6-9H,1-5H3,(H,16,17). The van der Waals surface area contributed by atoms with E-state index in [1.165, 1.54) is 12.1 Å². The topological polar surface area (TPSA) is 29.1 Å². The van der Waals surface area contributed by atoms with Gasteiger partial charge in [0.15, 0.2) is 0 Å². The number of hydrogen-bond donors (Lipinski definition) is 1. The summed E-state index contributed by atoms with van der Waals surface area (Å²) in [5.41, 5.74) is -0.271. The first-order valence-electron chi connectivity index (χ1n) is 5.71. The van der Waals surface area contributed by atoms with Gasteiger partial charge in [0.2, 0.25) is 5.91 Å². The van der Waals surface area contributed by atoms with Crippen molar-refractivity contribution < 1.29 is 9.18 Å². The fourth-order valence-corrected chi connectivity index (χ4v) is 1.42. The highest BCUT2D eigenvalue weighted by atomic mass is 19.1. The molecule has 1 amide bonds. The number of hydrogen-bond acceptors (Lipinski definition) is 1. The van der Waals surface area contributed by atoms with Crippen LogP contribution >= 0.6 is 0 Å². The molecular formula is C14H20FNO. The van der Waals surface area contributed by atoms with Crippen LogP contribution in [0.2, 0.25) is 0 Å². The van der Waals surface area contributed by atoms with Gasteiger partial charge in [0.05, 0.1) is 5.54 Å². The summed E-state index contributed by atoms with van der Waals surface area (Å²) < 4.78 is 13.2. The molecule has 0 fully saturated rings. The molecule has 0 aliphatic rings. The molecule has 0 aromatic heterocycles. The Morgan fingerprint density at radius 1 is 1.18 bits per heavy atom. The summed E-state index contributed by atoms with van der Waals surface area (Å²) in [4.78, 5) is 11.9. The SMILES string of the molecule is CC(C)(C)C(=O)NC(C)(C)c1cccc(F)c1. The molecule has 0 aliphatic heterocycles. The molecule has 0 heterocycles. The molecule has 0 saturated carbocycles. The van der Waals surface area contributed by atoms with Gasteiger partial charge in [-0.15, -0.1) is 0 Å². The Hall–Kier alpha value is -1.38. The van der Waals surface area contributed by atoms with Crippen LogP contribution in [0, 0.1) is 11.2 Å². The molecule has 0 bridgehead atoms. The molecule has 0 aliphatic carbocycles. The summed E-state index contributed by atoms with van der Waals surface area (Å²) in [6.07, 6.45) is 0. The predicted octanol–water partition coefficient (Wildman–Crippen LogP) is 3.22. The molecule has 1 aromatic rings. The lowest BCUT2D eigenvalue weighted by molar-refractivity contribution is -0.130. The molecule has 17 heavy (non-hydrogen) atoms. The Kier molecular flexibility index (Phi) is 3.60. The van der Waals surface area contributed by atoms with E-state index in [0.717, 1.165) is 5.56 Å². The fraction of sp³-hybridized carbons (Fsp3) is 0.500. The van der Waals surface area contributed by atoms with Crippen LogP contribution in [0.5, 0.6) is 0 Å².